The van der Waals surface area contributed by atoms with Crippen LogP contribution in [0.4, 0.5) is 0 Å². The highest BCUT2D eigenvalue weighted by Gasteiger charge is 2.22. The number of aromatic nitrogens is 2. The van der Waals surface area contributed by atoms with Crippen LogP contribution in [0.15, 0.2) is 12.3 Å². The number of aromatic carboxylic acids is 1. The molecule has 6 heteroatoms. The summed E-state index contributed by atoms with van der Waals surface area (Å²) in [5.74, 6) is -0.922. The van der Waals surface area contributed by atoms with Crippen LogP contribution in [0, 0.1) is 0 Å². The lowest BCUT2D eigenvalue weighted by Gasteiger charge is -2.33. The summed E-state index contributed by atoms with van der Waals surface area (Å²) in [6, 6.07) is 1.75. The van der Waals surface area contributed by atoms with E-state index in [1.165, 1.54) is 17.2 Å². The van der Waals surface area contributed by atoms with Crippen molar-refractivity contribution in [2.75, 3.05) is 6.54 Å². The summed E-state index contributed by atoms with van der Waals surface area (Å²) in [4.78, 5) is 24.7. The van der Waals surface area contributed by atoms with Crippen LogP contribution in [0.25, 0.3) is 0 Å². The van der Waals surface area contributed by atoms with Gasteiger partial charge in [-0.1, -0.05) is 0 Å². The molecule has 2 rings (SSSR count). The maximum atomic E-state index is 12.1. The maximum Gasteiger partial charge on any atom is 0.356 e. The van der Waals surface area contributed by atoms with Gasteiger partial charge in [0.15, 0.2) is 5.69 Å². The Hall–Kier alpha value is -1.85. The Morgan fingerprint density at radius 2 is 2.26 bits per heavy atom. The molecule has 0 saturated carbocycles. The van der Waals surface area contributed by atoms with Gasteiger partial charge in [0.1, 0.15) is 0 Å². The largest absolute Gasteiger partial charge is 0.476 e. The molecular weight excluding hydrogens is 246 g/mol. The summed E-state index contributed by atoms with van der Waals surface area (Å²) in [5.41, 5.74) is 0.0128. The number of likely N-dealkylation sites (tertiary alicyclic amines) is 1. The Bertz CT molecular complexity index is 469. The van der Waals surface area contributed by atoms with Crippen molar-refractivity contribution in [3.63, 3.8) is 0 Å². The number of aryl methyl sites for hydroxylation is 1. The van der Waals surface area contributed by atoms with Crippen LogP contribution >= 0.6 is 0 Å². The first-order valence-electron chi connectivity index (χ1n) is 6.64. The van der Waals surface area contributed by atoms with E-state index in [1.54, 1.807) is 6.20 Å². The lowest BCUT2D eigenvalue weighted by atomic mass is 10.0. The lowest BCUT2D eigenvalue weighted by molar-refractivity contribution is -0.134. The molecule has 19 heavy (non-hydrogen) atoms. The summed E-state index contributed by atoms with van der Waals surface area (Å²) < 4.78 is 1.51. The van der Waals surface area contributed by atoms with Crippen molar-refractivity contribution in [3.8, 4) is 0 Å². The van der Waals surface area contributed by atoms with Crippen LogP contribution in [0.2, 0.25) is 0 Å². The number of hydrogen-bond acceptors (Lipinski definition) is 3. The van der Waals surface area contributed by atoms with Gasteiger partial charge in [-0.3, -0.25) is 9.48 Å². The van der Waals surface area contributed by atoms with Crippen LogP contribution in [-0.4, -0.2) is 44.3 Å². The third-order valence-electron chi connectivity index (χ3n) is 3.54. The predicted octanol–water partition coefficient (Wildman–Crippen LogP) is 1.37. The van der Waals surface area contributed by atoms with Crippen LogP contribution in [-0.2, 0) is 11.3 Å². The summed E-state index contributed by atoms with van der Waals surface area (Å²) in [6.07, 6.45) is 5.28. The molecule has 1 aliphatic heterocycles. The molecule has 0 aromatic carbocycles. The number of amides is 1. The molecule has 1 aromatic rings. The Morgan fingerprint density at radius 1 is 1.47 bits per heavy atom. The molecule has 0 spiro atoms. The Morgan fingerprint density at radius 3 is 2.89 bits per heavy atom. The molecule has 6 nitrogen and oxygen atoms in total. The first-order chi connectivity index (χ1) is 9.08. The second-order valence-corrected chi connectivity index (χ2v) is 4.95. The molecule has 1 saturated heterocycles. The normalized spacial score (nSPS) is 19.4. The van der Waals surface area contributed by atoms with E-state index in [4.69, 9.17) is 5.11 Å². The Kier molecular flexibility index (Phi) is 4.19. The molecule has 1 N–H and O–H groups in total. The fraction of sp³-hybridized carbons (Fsp3) is 0.615. The summed E-state index contributed by atoms with van der Waals surface area (Å²) in [6.45, 7) is 3.34. The van der Waals surface area contributed by atoms with Gasteiger partial charge < -0.3 is 10.0 Å². The highest BCUT2D eigenvalue weighted by Crippen LogP contribution is 2.17. The molecule has 1 aromatic heterocycles. The second-order valence-electron chi connectivity index (χ2n) is 4.95. The van der Waals surface area contributed by atoms with Crippen molar-refractivity contribution in [3.05, 3.63) is 18.0 Å². The number of carbonyl (C=O) groups is 2. The number of nitrogens with zero attached hydrogens (tertiary/aromatic N) is 3. The smallest absolute Gasteiger partial charge is 0.356 e. The summed E-state index contributed by atoms with van der Waals surface area (Å²) in [7, 11) is 0. The Balaban J connectivity index is 1.87. The molecule has 1 amide bonds. The van der Waals surface area contributed by atoms with Crippen LogP contribution in [0.5, 0.6) is 0 Å². The predicted molar refractivity (Wildman–Crippen MR) is 68.8 cm³/mol. The van der Waals surface area contributed by atoms with Crippen molar-refractivity contribution < 1.29 is 14.7 Å². The molecule has 1 unspecified atom stereocenters. The number of carboxylic acid groups (broad SMARTS) is 1. The first kappa shape index (κ1) is 13.6. The first-order valence-corrected chi connectivity index (χ1v) is 6.64. The van der Waals surface area contributed by atoms with Gasteiger partial charge in [0.2, 0.25) is 5.91 Å². The number of piperidine rings is 1. The van der Waals surface area contributed by atoms with Gasteiger partial charge in [0.25, 0.3) is 0 Å². The molecule has 0 radical (unpaired) electrons. The SMILES string of the molecule is CC1CCCCN1C(=O)CCn1ccc(C(=O)O)n1. The van der Waals surface area contributed by atoms with E-state index in [9.17, 15) is 9.59 Å². The number of hydrogen-bond donors (Lipinski definition) is 1. The van der Waals surface area contributed by atoms with Crippen molar-refractivity contribution in [1.29, 1.82) is 0 Å². The van der Waals surface area contributed by atoms with E-state index in [0.29, 0.717) is 19.0 Å². The highest BCUT2D eigenvalue weighted by atomic mass is 16.4. The average molecular weight is 265 g/mol. The molecule has 104 valence electrons. The maximum absolute atomic E-state index is 12.1. The molecule has 2 heterocycles. The number of rotatable bonds is 4. The van der Waals surface area contributed by atoms with Gasteiger partial charge in [0.05, 0.1) is 0 Å². The van der Waals surface area contributed by atoms with Gasteiger partial charge in [-0.05, 0) is 32.3 Å². The molecule has 1 atom stereocenters. The van der Waals surface area contributed by atoms with Crippen LogP contribution < -0.4 is 0 Å². The number of carboxylic acids is 1. The zero-order chi connectivity index (χ0) is 13.8. The van der Waals surface area contributed by atoms with E-state index in [1.807, 2.05) is 4.90 Å². The van der Waals surface area contributed by atoms with Gasteiger partial charge in [-0.25, -0.2) is 4.79 Å². The van der Waals surface area contributed by atoms with E-state index < -0.39 is 5.97 Å². The highest BCUT2D eigenvalue weighted by molar-refractivity contribution is 5.85. The van der Waals surface area contributed by atoms with Gasteiger partial charge in [0, 0.05) is 31.7 Å². The average Bonchev–Trinajstić information content (AvgIpc) is 2.85. The van der Waals surface area contributed by atoms with Gasteiger partial charge in [-0.15, -0.1) is 0 Å². The summed E-state index contributed by atoms with van der Waals surface area (Å²) >= 11 is 0. The van der Waals surface area contributed by atoms with Crippen molar-refractivity contribution >= 4 is 11.9 Å². The van der Waals surface area contributed by atoms with Crippen LogP contribution in [0.1, 0.15) is 43.1 Å². The van der Waals surface area contributed by atoms with Crippen molar-refractivity contribution in [2.45, 2.75) is 45.2 Å². The standard InChI is InChI=1S/C13H19N3O3/c1-10-4-2-3-7-16(10)12(17)6-9-15-8-5-11(14-15)13(18)19/h5,8,10H,2-4,6-7,9H2,1H3,(H,18,19). The van der Waals surface area contributed by atoms with Gasteiger partial charge in [-0.2, -0.15) is 5.10 Å². The lowest BCUT2D eigenvalue weighted by Crippen LogP contribution is -2.42. The third-order valence-corrected chi connectivity index (χ3v) is 3.54. The number of carbonyl (C=O) groups excluding carboxylic acids is 1. The molecule has 1 aliphatic rings. The van der Waals surface area contributed by atoms with E-state index in [0.717, 1.165) is 19.4 Å². The molecule has 0 aliphatic carbocycles. The Labute approximate surface area is 112 Å². The molecule has 1 fully saturated rings. The fourth-order valence-corrected chi connectivity index (χ4v) is 2.42. The van der Waals surface area contributed by atoms with Crippen molar-refractivity contribution in [1.82, 2.24) is 14.7 Å². The van der Waals surface area contributed by atoms with E-state index >= 15 is 0 Å². The molecular formula is C13H19N3O3. The minimum absolute atomic E-state index is 0.0128. The minimum atomic E-state index is -1.05. The topological polar surface area (TPSA) is 75.4 Å². The second kappa shape index (κ2) is 5.86. The minimum Gasteiger partial charge on any atom is -0.476 e. The third kappa shape index (κ3) is 3.33. The van der Waals surface area contributed by atoms with Gasteiger partial charge >= 0.3 is 5.97 Å². The van der Waals surface area contributed by atoms with Crippen LogP contribution in [0.3, 0.4) is 0 Å². The summed E-state index contributed by atoms with van der Waals surface area (Å²) in [5, 5.41) is 12.7. The quantitative estimate of drug-likeness (QED) is 0.892. The fourth-order valence-electron chi connectivity index (χ4n) is 2.42. The zero-order valence-corrected chi connectivity index (χ0v) is 11.1. The zero-order valence-electron chi connectivity index (χ0n) is 11.1. The monoisotopic (exact) mass is 265 g/mol. The molecule has 0 bridgehead atoms. The van der Waals surface area contributed by atoms with Crippen molar-refractivity contribution in [2.24, 2.45) is 0 Å². The van der Waals surface area contributed by atoms with E-state index in [2.05, 4.69) is 12.0 Å². The van der Waals surface area contributed by atoms with E-state index in [-0.39, 0.29) is 11.6 Å².